The SMILES string of the molecule is CO[C@H]1CCc2c(B3OCC(C)(C)O3)cccc21. The van der Waals surface area contributed by atoms with Crippen molar-refractivity contribution in [3.8, 4) is 0 Å². The number of ether oxygens (including phenoxy) is 1. The lowest BCUT2D eigenvalue weighted by atomic mass is 9.75. The molecule has 96 valence electrons. The van der Waals surface area contributed by atoms with Crippen LogP contribution in [-0.2, 0) is 20.5 Å². The normalized spacial score (nSPS) is 25.5. The quantitative estimate of drug-likeness (QED) is 0.745. The molecule has 3 rings (SSSR count). The summed E-state index contributed by atoms with van der Waals surface area (Å²) in [7, 11) is 1.56. The second-order valence-electron chi connectivity index (χ2n) is 5.70. The van der Waals surface area contributed by atoms with Gasteiger partial charge in [0.25, 0.3) is 0 Å². The van der Waals surface area contributed by atoms with Crippen LogP contribution >= 0.6 is 0 Å². The molecule has 0 bridgehead atoms. The van der Waals surface area contributed by atoms with E-state index in [2.05, 4.69) is 32.0 Å². The largest absolute Gasteiger partial charge is 0.494 e. The Bertz CT molecular complexity index is 458. The third-order valence-corrected chi connectivity index (χ3v) is 3.80. The van der Waals surface area contributed by atoms with Crippen LogP contribution in [0, 0.1) is 0 Å². The van der Waals surface area contributed by atoms with E-state index in [4.69, 9.17) is 14.0 Å². The van der Waals surface area contributed by atoms with Gasteiger partial charge in [0.2, 0.25) is 0 Å². The Morgan fingerprint density at radius 1 is 1.39 bits per heavy atom. The van der Waals surface area contributed by atoms with Crippen molar-refractivity contribution >= 4 is 12.6 Å². The summed E-state index contributed by atoms with van der Waals surface area (Å²) in [6.07, 6.45) is 2.33. The van der Waals surface area contributed by atoms with Crippen molar-refractivity contribution in [2.45, 2.75) is 38.4 Å². The molecule has 0 saturated carbocycles. The highest BCUT2D eigenvalue weighted by molar-refractivity contribution is 6.62. The number of fused-ring (bicyclic) bond motifs is 1. The van der Waals surface area contributed by atoms with Gasteiger partial charge in [0, 0.05) is 7.11 Å². The third kappa shape index (κ3) is 1.98. The molecule has 0 N–H and O–H groups in total. The predicted molar refractivity (Wildman–Crippen MR) is 71.0 cm³/mol. The second-order valence-corrected chi connectivity index (χ2v) is 5.70. The van der Waals surface area contributed by atoms with Crippen LogP contribution in [0.3, 0.4) is 0 Å². The summed E-state index contributed by atoms with van der Waals surface area (Å²) in [5.41, 5.74) is 3.64. The van der Waals surface area contributed by atoms with Crippen molar-refractivity contribution in [3.63, 3.8) is 0 Å². The van der Waals surface area contributed by atoms with E-state index in [1.807, 2.05) is 0 Å². The molecule has 1 heterocycles. The monoisotopic (exact) mass is 246 g/mol. The molecule has 0 radical (unpaired) electrons. The van der Waals surface area contributed by atoms with Crippen LogP contribution < -0.4 is 5.46 Å². The van der Waals surface area contributed by atoms with Gasteiger partial charge in [-0.05, 0) is 43.3 Å². The van der Waals surface area contributed by atoms with E-state index in [9.17, 15) is 0 Å². The molecule has 0 spiro atoms. The Labute approximate surface area is 109 Å². The average molecular weight is 246 g/mol. The summed E-state index contributed by atoms with van der Waals surface area (Å²) in [4.78, 5) is 0. The van der Waals surface area contributed by atoms with Crippen LogP contribution in [0.25, 0.3) is 0 Å². The Morgan fingerprint density at radius 2 is 2.22 bits per heavy atom. The lowest BCUT2D eigenvalue weighted by molar-refractivity contribution is 0.105. The maximum Gasteiger partial charge on any atom is 0.494 e. The highest BCUT2D eigenvalue weighted by Gasteiger charge is 2.40. The number of rotatable bonds is 2. The van der Waals surface area contributed by atoms with E-state index < -0.39 is 0 Å². The van der Waals surface area contributed by atoms with Gasteiger partial charge in [0.05, 0.1) is 18.3 Å². The summed E-state index contributed by atoms with van der Waals surface area (Å²) < 4.78 is 17.3. The molecule has 0 aromatic heterocycles. The molecule has 0 unspecified atom stereocenters. The molecule has 1 fully saturated rings. The van der Waals surface area contributed by atoms with Crippen LogP contribution in [0.5, 0.6) is 0 Å². The van der Waals surface area contributed by atoms with Crippen LogP contribution in [0.4, 0.5) is 0 Å². The van der Waals surface area contributed by atoms with E-state index in [1.54, 1.807) is 7.11 Å². The molecule has 1 aliphatic carbocycles. The van der Waals surface area contributed by atoms with Crippen molar-refractivity contribution in [2.75, 3.05) is 13.7 Å². The van der Waals surface area contributed by atoms with Crippen LogP contribution in [0.1, 0.15) is 37.5 Å². The lowest BCUT2D eigenvalue weighted by Crippen LogP contribution is -2.36. The Morgan fingerprint density at radius 3 is 2.89 bits per heavy atom. The molecule has 0 amide bonds. The van der Waals surface area contributed by atoms with Gasteiger partial charge in [0.15, 0.2) is 0 Å². The summed E-state index contributed by atoms with van der Waals surface area (Å²) in [6.45, 7) is 4.78. The van der Waals surface area contributed by atoms with Crippen LogP contribution in [0.2, 0.25) is 0 Å². The van der Waals surface area contributed by atoms with Gasteiger partial charge in [-0.15, -0.1) is 0 Å². The van der Waals surface area contributed by atoms with E-state index >= 15 is 0 Å². The number of hydrogen-bond acceptors (Lipinski definition) is 3. The fraction of sp³-hybridized carbons (Fsp3) is 0.571. The summed E-state index contributed by atoms with van der Waals surface area (Å²) in [6, 6.07) is 6.34. The minimum atomic E-state index is -0.217. The standard InChI is InChI=1S/C14H19BO3/c1-14(2)9-17-15(18-14)12-6-4-5-11-10(12)7-8-13(11)16-3/h4-6,13H,7-9H2,1-3H3/t13-/m0/s1. The van der Waals surface area contributed by atoms with E-state index in [0.717, 1.165) is 12.8 Å². The van der Waals surface area contributed by atoms with Gasteiger partial charge in [-0.2, -0.15) is 0 Å². The first-order valence-electron chi connectivity index (χ1n) is 6.54. The van der Waals surface area contributed by atoms with Crippen LogP contribution in [0.15, 0.2) is 18.2 Å². The summed E-state index contributed by atoms with van der Waals surface area (Å²) in [5, 5.41) is 0. The lowest BCUT2D eigenvalue weighted by Gasteiger charge is -2.17. The molecular weight excluding hydrogens is 227 g/mol. The predicted octanol–water partition coefficient (Wildman–Crippen LogP) is 1.84. The molecule has 2 aliphatic rings. The Balaban J connectivity index is 1.93. The van der Waals surface area contributed by atoms with Gasteiger partial charge in [-0.25, -0.2) is 0 Å². The molecule has 1 aliphatic heterocycles. The molecule has 4 heteroatoms. The fourth-order valence-electron chi connectivity index (χ4n) is 2.90. The molecule has 3 nitrogen and oxygen atoms in total. The van der Waals surface area contributed by atoms with Crippen molar-refractivity contribution in [1.29, 1.82) is 0 Å². The van der Waals surface area contributed by atoms with E-state index in [0.29, 0.717) is 6.61 Å². The van der Waals surface area contributed by atoms with Crippen molar-refractivity contribution in [3.05, 3.63) is 29.3 Å². The molecule has 1 aromatic rings. The molecular formula is C14H19BO3. The summed E-state index contributed by atoms with van der Waals surface area (Å²) in [5.74, 6) is 0. The van der Waals surface area contributed by atoms with Gasteiger partial charge in [-0.3, -0.25) is 0 Å². The summed E-state index contributed by atoms with van der Waals surface area (Å²) >= 11 is 0. The van der Waals surface area contributed by atoms with E-state index in [1.165, 1.54) is 16.6 Å². The molecule has 1 aromatic carbocycles. The van der Waals surface area contributed by atoms with Crippen LogP contribution in [-0.4, -0.2) is 26.4 Å². The maximum absolute atomic E-state index is 5.97. The smallest absolute Gasteiger partial charge is 0.404 e. The average Bonchev–Trinajstić information content (AvgIpc) is 2.91. The minimum absolute atomic E-state index is 0.188. The number of methoxy groups -OCH3 is 1. The van der Waals surface area contributed by atoms with Gasteiger partial charge >= 0.3 is 7.12 Å². The third-order valence-electron chi connectivity index (χ3n) is 3.80. The van der Waals surface area contributed by atoms with Crippen molar-refractivity contribution in [2.24, 2.45) is 0 Å². The minimum Gasteiger partial charge on any atom is -0.404 e. The van der Waals surface area contributed by atoms with E-state index in [-0.39, 0.29) is 18.8 Å². The zero-order chi connectivity index (χ0) is 12.8. The first-order valence-corrected chi connectivity index (χ1v) is 6.54. The number of benzene rings is 1. The first kappa shape index (κ1) is 12.2. The highest BCUT2D eigenvalue weighted by Crippen LogP contribution is 2.33. The second kappa shape index (κ2) is 4.37. The maximum atomic E-state index is 5.97. The Hall–Kier alpha value is -0.835. The molecule has 1 atom stereocenters. The van der Waals surface area contributed by atoms with Crippen molar-refractivity contribution < 1.29 is 14.0 Å². The number of hydrogen-bond donors (Lipinski definition) is 0. The fourth-order valence-corrected chi connectivity index (χ4v) is 2.90. The highest BCUT2D eigenvalue weighted by atomic mass is 16.7. The zero-order valence-corrected chi connectivity index (χ0v) is 11.2. The van der Waals surface area contributed by atoms with Gasteiger partial charge in [-0.1, -0.05) is 18.2 Å². The first-order chi connectivity index (χ1) is 8.61. The topological polar surface area (TPSA) is 27.7 Å². The molecule has 1 saturated heterocycles. The zero-order valence-electron chi connectivity index (χ0n) is 11.2. The molecule has 18 heavy (non-hydrogen) atoms. The van der Waals surface area contributed by atoms with Crippen molar-refractivity contribution in [1.82, 2.24) is 0 Å². The van der Waals surface area contributed by atoms with Gasteiger partial charge in [0.1, 0.15) is 0 Å². The Kier molecular flexibility index (Phi) is 2.97. The van der Waals surface area contributed by atoms with Gasteiger partial charge < -0.3 is 14.0 Å².